The van der Waals surface area contributed by atoms with Crippen molar-refractivity contribution >= 4 is 32.6 Å². The van der Waals surface area contributed by atoms with Crippen LogP contribution in [0.15, 0.2) is 35.1 Å². The van der Waals surface area contributed by atoms with Gasteiger partial charge in [0.15, 0.2) is 5.13 Å². The first kappa shape index (κ1) is 16.0. The number of carbonyl (C=O) groups is 1. The fraction of sp³-hybridized carbons (Fsp3) is 0.333. The van der Waals surface area contributed by atoms with E-state index in [2.05, 4.69) is 15.4 Å². The number of nitrogens with zero attached hydrogens (tertiary/aromatic N) is 3. The number of aryl methyl sites for hydroxylation is 1. The highest BCUT2D eigenvalue weighted by Gasteiger charge is 2.27. The predicted molar refractivity (Wildman–Crippen MR) is 98.2 cm³/mol. The lowest BCUT2D eigenvalue weighted by atomic mass is 10.2. The molecule has 0 aliphatic heterocycles. The van der Waals surface area contributed by atoms with Gasteiger partial charge in [0.05, 0.1) is 15.9 Å². The van der Waals surface area contributed by atoms with Crippen molar-refractivity contribution < 1.29 is 4.79 Å². The van der Waals surface area contributed by atoms with Crippen molar-refractivity contribution in [1.29, 1.82) is 0 Å². The first-order chi connectivity index (χ1) is 12.0. The molecule has 1 fully saturated rings. The van der Waals surface area contributed by atoms with E-state index in [-0.39, 0.29) is 11.5 Å². The van der Waals surface area contributed by atoms with Crippen LogP contribution >= 0.6 is 11.3 Å². The first-order valence-corrected chi connectivity index (χ1v) is 9.11. The Kier molecular flexibility index (Phi) is 3.88. The van der Waals surface area contributed by atoms with Crippen molar-refractivity contribution in [3.05, 3.63) is 51.9 Å². The molecule has 0 bridgehead atoms. The number of rotatable bonds is 4. The number of amides is 1. The average molecular weight is 354 g/mol. The molecule has 1 aromatic carbocycles. The number of para-hydroxylation sites is 1. The van der Waals surface area contributed by atoms with Crippen molar-refractivity contribution in [3.63, 3.8) is 0 Å². The summed E-state index contributed by atoms with van der Waals surface area (Å²) < 4.78 is 2.29. The highest BCUT2D eigenvalue weighted by atomic mass is 32.1. The van der Waals surface area contributed by atoms with Crippen molar-refractivity contribution in [1.82, 2.24) is 14.8 Å². The summed E-state index contributed by atoms with van der Waals surface area (Å²) in [6, 6.07) is 8.49. The number of thiazole rings is 1. The summed E-state index contributed by atoms with van der Waals surface area (Å²) in [6.07, 6.45) is 2.19. The van der Waals surface area contributed by atoms with Gasteiger partial charge in [-0.3, -0.25) is 9.59 Å². The number of hydrogen-bond donors (Lipinski definition) is 1. The number of benzene rings is 1. The molecule has 1 unspecified atom stereocenters. The molecule has 6 nitrogen and oxygen atoms in total. The second-order valence-corrected chi connectivity index (χ2v) is 7.45. The van der Waals surface area contributed by atoms with Crippen LogP contribution in [0.5, 0.6) is 0 Å². The molecule has 25 heavy (non-hydrogen) atoms. The normalized spacial score (nSPS) is 15.3. The summed E-state index contributed by atoms with van der Waals surface area (Å²) in [6.45, 7) is 3.67. The fourth-order valence-corrected chi connectivity index (χ4v) is 3.72. The molecule has 1 amide bonds. The number of carbonyl (C=O) groups excluding carboxylic acids is 1. The van der Waals surface area contributed by atoms with E-state index < -0.39 is 6.04 Å². The van der Waals surface area contributed by atoms with E-state index in [1.165, 1.54) is 22.1 Å². The molecule has 0 spiro atoms. The minimum atomic E-state index is -0.695. The topological polar surface area (TPSA) is 76.9 Å². The summed E-state index contributed by atoms with van der Waals surface area (Å²) in [4.78, 5) is 29.2. The Labute approximate surface area is 148 Å². The Morgan fingerprint density at radius 1 is 1.32 bits per heavy atom. The maximum atomic E-state index is 12.6. The molecule has 1 saturated carbocycles. The molecule has 7 heteroatoms. The van der Waals surface area contributed by atoms with Gasteiger partial charge in [0.25, 0.3) is 11.5 Å². The van der Waals surface area contributed by atoms with Crippen LogP contribution in [-0.4, -0.2) is 20.7 Å². The highest BCUT2D eigenvalue weighted by Crippen LogP contribution is 2.38. The number of nitrogens with one attached hydrogen (secondary N) is 1. The lowest BCUT2D eigenvalue weighted by molar-refractivity contribution is -0.119. The third-order valence-electron chi connectivity index (χ3n) is 4.44. The van der Waals surface area contributed by atoms with Gasteiger partial charge in [-0.05, 0) is 44.4 Å². The molecular weight excluding hydrogens is 336 g/mol. The van der Waals surface area contributed by atoms with Gasteiger partial charge in [0.2, 0.25) is 0 Å². The summed E-state index contributed by atoms with van der Waals surface area (Å²) in [5.74, 6) is 0.133. The standard InChI is InChI=1S/C18H18N4O2S/c1-10-4-3-5-14-16(10)19-18(25-14)20-17(24)11(2)22-15(23)9-8-13(21-22)12-6-7-12/h3-5,8-9,11-12H,6-7H2,1-2H3,(H,19,20,24). The molecule has 4 rings (SSSR count). The lowest BCUT2D eigenvalue weighted by Gasteiger charge is -2.13. The van der Waals surface area contributed by atoms with Crippen molar-refractivity contribution in [2.45, 2.75) is 38.6 Å². The van der Waals surface area contributed by atoms with Crippen LogP contribution in [0, 0.1) is 6.92 Å². The monoisotopic (exact) mass is 354 g/mol. The largest absolute Gasteiger partial charge is 0.300 e. The summed E-state index contributed by atoms with van der Waals surface area (Å²) in [5.41, 5.74) is 2.57. The molecule has 0 radical (unpaired) electrons. The van der Waals surface area contributed by atoms with Gasteiger partial charge in [-0.1, -0.05) is 23.5 Å². The fourth-order valence-electron chi connectivity index (χ4n) is 2.77. The minimum Gasteiger partial charge on any atom is -0.300 e. The number of hydrogen-bond acceptors (Lipinski definition) is 5. The van der Waals surface area contributed by atoms with E-state index in [1.54, 1.807) is 13.0 Å². The Balaban J connectivity index is 1.58. The minimum absolute atomic E-state index is 0.271. The van der Waals surface area contributed by atoms with Gasteiger partial charge in [-0.25, -0.2) is 9.67 Å². The molecule has 1 aliphatic rings. The predicted octanol–water partition coefficient (Wildman–Crippen LogP) is 3.24. The maximum Gasteiger partial charge on any atom is 0.267 e. The third kappa shape index (κ3) is 3.07. The van der Waals surface area contributed by atoms with Gasteiger partial charge in [0, 0.05) is 12.0 Å². The zero-order valence-electron chi connectivity index (χ0n) is 14.0. The Hall–Kier alpha value is -2.54. The molecule has 3 aromatic rings. The first-order valence-electron chi connectivity index (χ1n) is 8.30. The Morgan fingerprint density at radius 3 is 2.84 bits per heavy atom. The van der Waals surface area contributed by atoms with Gasteiger partial charge in [-0.15, -0.1) is 0 Å². The molecule has 1 atom stereocenters. The zero-order chi connectivity index (χ0) is 17.6. The summed E-state index contributed by atoms with van der Waals surface area (Å²) in [7, 11) is 0. The highest BCUT2D eigenvalue weighted by molar-refractivity contribution is 7.22. The van der Waals surface area contributed by atoms with Crippen molar-refractivity contribution in [3.8, 4) is 0 Å². The number of aromatic nitrogens is 3. The molecule has 1 N–H and O–H groups in total. The van der Waals surface area contributed by atoms with E-state index in [9.17, 15) is 9.59 Å². The Morgan fingerprint density at radius 2 is 2.12 bits per heavy atom. The smallest absolute Gasteiger partial charge is 0.267 e. The number of anilines is 1. The summed E-state index contributed by atoms with van der Waals surface area (Å²) in [5, 5.41) is 7.73. The van der Waals surface area contributed by atoms with Crippen LogP contribution in [-0.2, 0) is 4.79 Å². The summed E-state index contributed by atoms with van der Waals surface area (Å²) >= 11 is 1.42. The second-order valence-electron chi connectivity index (χ2n) is 6.42. The Bertz CT molecular complexity index is 1020. The average Bonchev–Trinajstić information content (AvgIpc) is 3.35. The molecule has 0 saturated heterocycles. The molecule has 2 aromatic heterocycles. The molecule has 2 heterocycles. The van der Waals surface area contributed by atoms with E-state index in [0.29, 0.717) is 11.0 Å². The second kappa shape index (κ2) is 6.07. The van der Waals surface area contributed by atoms with E-state index in [4.69, 9.17) is 0 Å². The van der Waals surface area contributed by atoms with Crippen LogP contribution in [0.4, 0.5) is 5.13 Å². The van der Waals surface area contributed by atoms with Crippen molar-refractivity contribution in [2.75, 3.05) is 5.32 Å². The van der Waals surface area contributed by atoms with Gasteiger partial charge in [0.1, 0.15) is 6.04 Å². The van der Waals surface area contributed by atoms with E-state index in [0.717, 1.165) is 34.3 Å². The van der Waals surface area contributed by atoms with Crippen LogP contribution in [0.25, 0.3) is 10.2 Å². The molecule has 1 aliphatic carbocycles. The van der Waals surface area contributed by atoms with Gasteiger partial charge < -0.3 is 5.32 Å². The molecule has 128 valence electrons. The maximum absolute atomic E-state index is 12.6. The van der Waals surface area contributed by atoms with Crippen LogP contribution < -0.4 is 10.9 Å². The van der Waals surface area contributed by atoms with Crippen LogP contribution in [0.3, 0.4) is 0 Å². The van der Waals surface area contributed by atoms with E-state index >= 15 is 0 Å². The lowest BCUT2D eigenvalue weighted by Crippen LogP contribution is -2.33. The van der Waals surface area contributed by atoms with E-state index in [1.807, 2.05) is 25.1 Å². The SMILES string of the molecule is Cc1cccc2sc(NC(=O)C(C)n3nc(C4CC4)ccc3=O)nc12. The third-order valence-corrected chi connectivity index (χ3v) is 5.37. The zero-order valence-corrected chi connectivity index (χ0v) is 14.8. The quantitative estimate of drug-likeness (QED) is 0.780. The molecular formula is C18H18N4O2S. The van der Waals surface area contributed by atoms with Gasteiger partial charge in [-0.2, -0.15) is 5.10 Å². The van der Waals surface area contributed by atoms with Gasteiger partial charge >= 0.3 is 0 Å². The van der Waals surface area contributed by atoms with Crippen molar-refractivity contribution in [2.24, 2.45) is 0 Å². The van der Waals surface area contributed by atoms with Crippen LogP contribution in [0.2, 0.25) is 0 Å². The number of fused-ring (bicyclic) bond motifs is 1. The van der Waals surface area contributed by atoms with Crippen LogP contribution in [0.1, 0.15) is 43.0 Å².